The first-order valence-electron chi connectivity index (χ1n) is 7.73. The smallest absolute Gasteiger partial charge is 0.413 e. The van der Waals surface area contributed by atoms with Crippen molar-refractivity contribution in [1.82, 2.24) is 9.97 Å². The second kappa shape index (κ2) is 6.41. The molecule has 0 unspecified atom stereocenters. The molecule has 0 aliphatic carbocycles. The van der Waals surface area contributed by atoms with Crippen LogP contribution in [-0.2, 0) is 9.47 Å². The summed E-state index contributed by atoms with van der Waals surface area (Å²) in [5.74, 6) is -0.554. The van der Waals surface area contributed by atoms with Crippen LogP contribution < -0.4 is 10.9 Å². The number of para-hydroxylation sites is 1. The number of carbonyl (C=O) groups excluding carboxylic acids is 2. The van der Waals surface area contributed by atoms with Gasteiger partial charge in [0.1, 0.15) is 11.1 Å². The fourth-order valence-corrected chi connectivity index (χ4v) is 3.41. The van der Waals surface area contributed by atoms with Crippen molar-refractivity contribution in [1.29, 1.82) is 0 Å². The highest BCUT2D eigenvalue weighted by Crippen LogP contribution is 2.31. The third kappa shape index (κ3) is 3.38. The average molecular weight is 375 g/mol. The van der Waals surface area contributed by atoms with Crippen LogP contribution in [0, 0.1) is 0 Å². The molecule has 26 heavy (non-hydrogen) atoms. The number of nitrogens with zero attached hydrogens (tertiary/aromatic N) is 1. The lowest BCUT2D eigenvalue weighted by Gasteiger charge is -2.18. The van der Waals surface area contributed by atoms with Crippen LogP contribution in [0.25, 0.3) is 21.1 Å². The number of methoxy groups -OCH3 is 1. The van der Waals surface area contributed by atoms with Crippen molar-refractivity contribution in [2.24, 2.45) is 0 Å². The topological polar surface area (TPSA) is 110 Å². The van der Waals surface area contributed by atoms with Gasteiger partial charge in [-0.1, -0.05) is 23.5 Å². The number of thiazole rings is 1. The highest BCUT2D eigenvalue weighted by atomic mass is 32.1. The van der Waals surface area contributed by atoms with Gasteiger partial charge in [-0.25, -0.2) is 14.6 Å². The Hall–Kier alpha value is -2.94. The maximum atomic E-state index is 12.4. The Morgan fingerprint density at radius 1 is 1.27 bits per heavy atom. The van der Waals surface area contributed by atoms with E-state index in [2.05, 4.69) is 15.3 Å². The van der Waals surface area contributed by atoms with Gasteiger partial charge < -0.3 is 14.5 Å². The lowest BCUT2D eigenvalue weighted by Crippen LogP contribution is -2.27. The van der Waals surface area contributed by atoms with Gasteiger partial charge in [-0.2, -0.15) is 0 Å². The van der Waals surface area contributed by atoms with Gasteiger partial charge in [-0.05, 0) is 26.8 Å². The summed E-state index contributed by atoms with van der Waals surface area (Å²) in [5, 5.41) is 3.40. The van der Waals surface area contributed by atoms with Gasteiger partial charge in [-0.15, -0.1) is 0 Å². The molecule has 3 rings (SSSR count). The normalized spacial score (nSPS) is 11.5. The quantitative estimate of drug-likeness (QED) is 0.665. The van der Waals surface area contributed by atoms with Crippen molar-refractivity contribution >= 4 is 49.7 Å². The molecule has 0 radical (unpaired) electrons. The number of aromatic nitrogens is 2. The van der Waals surface area contributed by atoms with Crippen LogP contribution in [-0.4, -0.2) is 34.7 Å². The number of carbonyl (C=O) groups is 2. The minimum absolute atomic E-state index is 0.176. The molecule has 8 nitrogen and oxygen atoms in total. The van der Waals surface area contributed by atoms with Gasteiger partial charge in [-0.3, -0.25) is 10.1 Å². The molecule has 9 heteroatoms. The van der Waals surface area contributed by atoms with Gasteiger partial charge >= 0.3 is 12.1 Å². The van der Waals surface area contributed by atoms with Crippen LogP contribution in [0.1, 0.15) is 31.1 Å². The van der Waals surface area contributed by atoms with E-state index in [4.69, 9.17) is 9.47 Å². The van der Waals surface area contributed by atoms with Crippen LogP contribution in [0.2, 0.25) is 0 Å². The molecule has 0 atom stereocenters. The largest absolute Gasteiger partial charge is 0.465 e. The zero-order valence-electron chi connectivity index (χ0n) is 14.6. The second-order valence-electron chi connectivity index (χ2n) is 6.50. The molecule has 1 amide bonds. The molecule has 0 saturated carbocycles. The van der Waals surface area contributed by atoms with Crippen LogP contribution >= 0.6 is 11.3 Å². The number of fused-ring (bicyclic) bond motifs is 3. The summed E-state index contributed by atoms with van der Waals surface area (Å²) in [4.78, 5) is 43.1. The number of esters is 1. The van der Waals surface area contributed by atoms with Gasteiger partial charge in [0.05, 0.1) is 22.9 Å². The lowest BCUT2D eigenvalue weighted by molar-refractivity contribution is 0.0600. The van der Waals surface area contributed by atoms with Crippen LogP contribution in [0.3, 0.4) is 0 Å². The number of amides is 1. The molecule has 0 fully saturated rings. The molecular weight excluding hydrogens is 358 g/mol. The van der Waals surface area contributed by atoms with Crippen LogP contribution in [0.15, 0.2) is 23.0 Å². The zero-order valence-corrected chi connectivity index (χ0v) is 15.4. The Morgan fingerprint density at radius 3 is 2.65 bits per heavy atom. The van der Waals surface area contributed by atoms with Crippen molar-refractivity contribution in [2.45, 2.75) is 26.4 Å². The standard InChI is InChI=1S/C17H17N3O5S/c1-17(2,3)25-16(23)20-15-19-11-12(26-15)8-6-5-7-9(14(22)24-4)10(8)18-13(11)21/h5-7H,1-4H3,(H,18,21)(H,19,20,23). The minimum Gasteiger partial charge on any atom is -0.465 e. The van der Waals surface area contributed by atoms with E-state index in [9.17, 15) is 14.4 Å². The predicted octanol–water partition coefficient (Wildman–Crippen LogP) is 3.27. The first-order chi connectivity index (χ1) is 12.2. The van der Waals surface area contributed by atoms with Gasteiger partial charge in [0.25, 0.3) is 5.56 Å². The van der Waals surface area contributed by atoms with Crippen LogP contribution in [0.4, 0.5) is 9.93 Å². The van der Waals surface area contributed by atoms with Crippen molar-refractivity contribution in [3.05, 3.63) is 34.1 Å². The van der Waals surface area contributed by atoms with Crippen molar-refractivity contribution in [3.63, 3.8) is 0 Å². The van der Waals surface area contributed by atoms with E-state index >= 15 is 0 Å². The van der Waals surface area contributed by atoms with E-state index in [1.165, 1.54) is 7.11 Å². The summed E-state index contributed by atoms with van der Waals surface area (Å²) < 4.78 is 10.5. The molecular formula is C17H17N3O5S. The number of nitrogens with one attached hydrogen (secondary N) is 2. The summed E-state index contributed by atoms with van der Waals surface area (Å²) in [5.41, 5.74) is -0.323. The number of anilines is 1. The number of aromatic amines is 1. The van der Waals surface area contributed by atoms with E-state index in [0.717, 1.165) is 11.3 Å². The molecule has 2 N–H and O–H groups in total. The number of hydrogen-bond donors (Lipinski definition) is 2. The average Bonchev–Trinajstić information content (AvgIpc) is 2.96. The number of ether oxygens (including phenoxy) is 2. The van der Waals surface area contributed by atoms with Gasteiger partial charge in [0, 0.05) is 5.39 Å². The van der Waals surface area contributed by atoms with Crippen molar-refractivity contribution in [2.75, 3.05) is 12.4 Å². The molecule has 0 bridgehead atoms. The third-order valence-corrected chi connectivity index (χ3v) is 4.41. The number of benzene rings is 1. The van der Waals surface area contributed by atoms with E-state index in [1.54, 1.807) is 39.0 Å². The minimum atomic E-state index is -0.660. The predicted molar refractivity (Wildman–Crippen MR) is 98.9 cm³/mol. The Kier molecular flexibility index (Phi) is 4.41. The first kappa shape index (κ1) is 17.9. The number of pyridine rings is 1. The molecule has 2 aromatic heterocycles. The van der Waals surface area contributed by atoms with E-state index < -0.39 is 23.2 Å². The van der Waals surface area contributed by atoms with Crippen molar-refractivity contribution in [3.8, 4) is 0 Å². The van der Waals surface area contributed by atoms with E-state index in [1.807, 2.05) is 0 Å². The number of hydrogen-bond acceptors (Lipinski definition) is 7. The van der Waals surface area contributed by atoms with Gasteiger partial charge in [0.2, 0.25) is 0 Å². The zero-order chi connectivity index (χ0) is 19.1. The molecule has 0 aliphatic heterocycles. The second-order valence-corrected chi connectivity index (χ2v) is 7.50. The Morgan fingerprint density at radius 2 is 2.00 bits per heavy atom. The molecule has 136 valence electrons. The summed E-state index contributed by atoms with van der Waals surface area (Å²) in [7, 11) is 1.27. The van der Waals surface area contributed by atoms with E-state index in [-0.39, 0.29) is 16.2 Å². The maximum absolute atomic E-state index is 12.4. The number of rotatable bonds is 2. The number of H-pyrrole nitrogens is 1. The lowest BCUT2D eigenvalue weighted by atomic mass is 10.1. The Labute approximate surface area is 152 Å². The fraction of sp³-hybridized carbons (Fsp3) is 0.294. The van der Waals surface area contributed by atoms with Crippen LogP contribution in [0.5, 0.6) is 0 Å². The summed E-state index contributed by atoms with van der Waals surface area (Å²) in [6.07, 6.45) is -0.660. The fourth-order valence-electron chi connectivity index (χ4n) is 2.43. The van der Waals surface area contributed by atoms with Gasteiger partial charge in [0.15, 0.2) is 5.13 Å². The van der Waals surface area contributed by atoms with E-state index in [0.29, 0.717) is 15.6 Å². The molecule has 1 aromatic carbocycles. The Bertz CT molecular complexity index is 1080. The summed E-state index contributed by atoms with van der Waals surface area (Å²) >= 11 is 1.13. The molecule has 3 aromatic rings. The molecule has 0 saturated heterocycles. The molecule has 0 aliphatic rings. The first-order valence-corrected chi connectivity index (χ1v) is 8.55. The monoisotopic (exact) mass is 375 g/mol. The summed E-state index contributed by atoms with van der Waals surface area (Å²) in [6, 6.07) is 5.01. The van der Waals surface area contributed by atoms with Crippen molar-refractivity contribution < 1.29 is 19.1 Å². The highest BCUT2D eigenvalue weighted by molar-refractivity contribution is 7.23. The maximum Gasteiger partial charge on any atom is 0.413 e. The Balaban J connectivity index is 2.11. The molecule has 0 spiro atoms. The molecule has 2 heterocycles. The highest BCUT2D eigenvalue weighted by Gasteiger charge is 2.20. The summed E-state index contributed by atoms with van der Waals surface area (Å²) in [6.45, 7) is 5.24. The SMILES string of the molecule is COC(=O)c1cccc2c1[nH]c(=O)c1nc(NC(=O)OC(C)(C)C)sc12. The third-order valence-electron chi connectivity index (χ3n) is 3.40.